The van der Waals surface area contributed by atoms with Crippen molar-refractivity contribution in [3.8, 4) is 0 Å². The van der Waals surface area contributed by atoms with Crippen LogP contribution >= 0.6 is 11.8 Å². The molecule has 3 heterocycles. The van der Waals surface area contributed by atoms with Gasteiger partial charge in [-0.3, -0.25) is 9.89 Å². The van der Waals surface area contributed by atoms with E-state index in [0.29, 0.717) is 22.8 Å². The van der Waals surface area contributed by atoms with Crippen LogP contribution in [0, 0.1) is 0 Å². The first-order valence-electron chi connectivity index (χ1n) is 8.14. The summed E-state index contributed by atoms with van der Waals surface area (Å²) in [5.74, 6) is 0.325. The van der Waals surface area contributed by atoms with Crippen molar-refractivity contribution in [3.63, 3.8) is 0 Å². The van der Waals surface area contributed by atoms with E-state index in [-0.39, 0.29) is 19.8 Å². The lowest BCUT2D eigenvalue weighted by atomic mass is 10.2. The minimum atomic E-state index is -0.558. The van der Waals surface area contributed by atoms with Crippen LogP contribution in [-0.4, -0.2) is 42.8 Å². The molecule has 0 atom stereocenters. The van der Waals surface area contributed by atoms with E-state index in [0.717, 1.165) is 21.0 Å². The van der Waals surface area contributed by atoms with Gasteiger partial charge in [0.15, 0.2) is 5.65 Å². The highest BCUT2D eigenvalue weighted by Gasteiger charge is 2.27. The number of aromatic nitrogens is 4. The molecule has 0 fully saturated rings. The molecule has 1 aliphatic heterocycles. The van der Waals surface area contributed by atoms with Crippen LogP contribution in [0.1, 0.15) is 26.3 Å². The Labute approximate surface area is 165 Å². The first kappa shape index (κ1) is 19.5. The van der Waals surface area contributed by atoms with Crippen LogP contribution in [0.4, 0.5) is 10.5 Å². The first-order chi connectivity index (χ1) is 13.1. The van der Waals surface area contributed by atoms with Crippen molar-refractivity contribution in [2.75, 3.05) is 5.32 Å². The molecule has 0 unspecified atom stereocenters. The zero-order valence-corrected chi connectivity index (χ0v) is 15.2. The normalized spacial score (nSPS) is 13.4. The first-order valence-corrected chi connectivity index (χ1v) is 9.12. The molecule has 0 radical (unpaired) electrons. The molecular formula is C18H19N7O2S. The number of fused-ring (bicyclic) bond motifs is 1. The molecule has 10 heteroatoms. The monoisotopic (exact) mass is 397 g/mol. The van der Waals surface area contributed by atoms with Crippen LogP contribution in [-0.2, 0) is 10.5 Å². The lowest BCUT2D eigenvalue weighted by Crippen LogP contribution is -2.32. The summed E-state index contributed by atoms with van der Waals surface area (Å²) in [5.41, 5.74) is 2.91. The Kier molecular flexibility index (Phi) is 5.69. The van der Waals surface area contributed by atoms with E-state index in [1.807, 2.05) is 18.2 Å². The second-order valence-corrected chi connectivity index (χ2v) is 6.91. The Morgan fingerprint density at radius 1 is 1.36 bits per heavy atom. The zero-order valence-electron chi connectivity index (χ0n) is 14.3. The average Bonchev–Trinajstić information content (AvgIpc) is 3.26. The minimum Gasteiger partial charge on any atom is -0.306 e. The van der Waals surface area contributed by atoms with Crippen molar-refractivity contribution in [2.45, 2.75) is 31.6 Å². The van der Waals surface area contributed by atoms with Gasteiger partial charge in [-0.15, -0.1) is 16.8 Å². The van der Waals surface area contributed by atoms with Crippen molar-refractivity contribution in [2.24, 2.45) is 5.10 Å². The van der Waals surface area contributed by atoms with E-state index in [1.165, 1.54) is 6.33 Å². The molecule has 144 valence electrons. The summed E-state index contributed by atoms with van der Waals surface area (Å²) < 4.78 is 0. The number of nitrogens with zero attached hydrogens (tertiary/aromatic N) is 5. The highest BCUT2D eigenvalue weighted by Crippen LogP contribution is 2.27. The summed E-state index contributed by atoms with van der Waals surface area (Å²) in [6.45, 7) is 1.72. The van der Waals surface area contributed by atoms with Gasteiger partial charge in [0, 0.05) is 17.2 Å². The number of imide groups is 1. The SMILES string of the molecule is C.CC1=NN(C(=O)Nc2cccc(CSc3ncnc4[nH]ncc34)c2)C(=O)C1. The van der Waals surface area contributed by atoms with E-state index in [4.69, 9.17) is 0 Å². The van der Waals surface area contributed by atoms with Crippen LogP contribution in [0.25, 0.3) is 11.0 Å². The van der Waals surface area contributed by atoms with Crippen LogP contribution in [0.3, 0.4) is 0 Å². The molecule has 0 saturated heterocycles. The Balaban J connectivity index is 0.00000225. The number of rotatable bonds is 4. The van der Waals surface area contributed by atoms with E-state index < -0.39 is 6.03 Å². The number of carbonyl (C=O) groups is 2. The van der Waals surface area contributed by atoms with Gasteiger partial charge in [-0.05, 0) is 24.6 Å². The fourth-order valence-electron chi connectivity index (χ4n) is 2.64. The number of benzene rings is 1. The summed E-state index contributed by atoms with van der Waals surface area (Å²) in [6, 6.07) is 6.87. The number of nitrogens with one attached hydrogen (secondary N) is 2. The molecule has 4 rings (SSSR count). The minimum absolute atomic E-state index is 0. The van der Waals surface area contributed by atoms with E-state index >= 15 is 0 Å². The third-order valence-electron chi connectivity index (χ3n) is 3.87. The number of aromatic amines is 1. The molecule has 0 saturated carbocycles. The number of hydrogen-bond donors (Lipinski definition) is 2. The molecule has 2 N–H and O–H groups in total. The number of hydrogen-bond acceptors (Lipinski definition) is 7. The third-order valence-corrected chi connectivity index (χ3v) is 4.95. The van der Waals surface area contributed by atoms with Crippen molar-refractivity contribution >= 4 is 46.1 Å². The molecule has 1 aromatic carbocycles. The highest BCUT2D eigenvalue weighted by atomic mass is 32.2. The van der Waals surface area contributed by atoms with E-state index in [9.17, 15) is 9.59 Å². The Bertz CT molecular complexity index is 1060. The standard InChI is InChI=1S/C17H15N7O2S.CH4/c1-10-5-14(25)24(23-10)17(26)21-12-4-2-3-11(6-12)8-27-16-13-7-20-22-15(13)18-9-19-16;/h2-4,6-7,9H,5,8H2,1H3,(H,21,26)(H,18,19,20,22);1H4. The summed E-state index contributed by atoms with van der Waals surface area (Å²) >= 11 is 1.55. The summed E-state index contributed by atoms with van der Waals surface area (Å²) in [5, 5.41) is 16.0. The van der Waals surface area contributed by atoms with Gasteiger partial charge < -0.3 is 5.32 Å². The van der Waals surface area contributed by atoms with Gasteiger partial charge in [-0.1, -0.05) is 19.6 Å². The number of carbonyl (C=O) groups excluding carboxylic acids is 2. The molecule has 9 nitrogen and oxygen atoms in total. The van der Waals surface area contributed by atoms with Gasteiger partial charge in [0.05, 0.1) is 18.0 Å². The summed E-state index contributed by atoms with van der Waals surface area (Å²) in [7, 11) is 0. The van der Waals surface area contributed by atoms with Crippen molar-refractivity contribution in [3.05, 3.63) is 42.4 Å². The molecule has 28 heavy (non-hydrogen) atoms. The molecular weight excluding hydrogens is 378 g/mol. The molecule has 3 amide bonds. The van der Waals surface area contributed by atoms with Gasteiger partial charge in [0.2, 0.25) is 0 Å². The number of anilines is 1. The summed E-state index contributed by atoms with van der Waals surface area (Å²) in [6.07, 6.45) is 3.37. The average molecular weight is 397 g/mol. The fraction of sp³-hybridized carbons (Fsp3) is 0.222. The van der Waals surface area contributed by atoms with Crippen LogP contribution < -0.4 is 5.32 Å². The summed E-state index contributed by atoms with van der Waals surface area (Å²) in [4.78, 5) is 32.4. The number of hydrazone groups is 1. The molecule has 0 bridgehead atoms. The number of amides is 3. The number of urea groups is 1. The molecule has 2 aromatic heterocycles. The highest BCUT2D eigenvalue weighted by molar-refractivity contribution is 7.98. The smallest absolute Gasteiger partial charge is 0.306 e. The quantitative estimate of drug-likeness (QED) is 0.515. The fourth-order valence-corrected chi connectivity index (χ4v) is 3.55. The molecule has 0 aliphatic carbocycles. The third kappa shape index (κ3) is 4.01. The number of H-pyrrole nitrogens is 1. The largest absolute Gasteiger partial charge is 0.349 e. The Morgan fingerprint density at radius 3 is 3.00 bits per heavy atom. The van der Waals surface area contributed by atoms with E-state index in [1.54, 1.807) is 30.9 Å². The van der Waals surface area contributed by atoms with Crippen molar-refractivity contribution in [1.29, 1.82) is 0 Å². The van der Waals surface area contributed by atoms with Gasteiger partial charge >= 0.3 is 6.03 Å². The molecule has 1 aliphatic rings. The topological polar surface area (TPSA) is 116 Å². The second kappa shape index (κ2) is 8.17. The molecule has 0 spiro atoms. The molecule has 3 aromatic rings. The number of thioether (sulfide) groups is 1. The maximum absolute atomic E-state index is 12.2. The lowest BCUT2D eigenvalue weighted by Gasteiger charge is -2.12. The van der Waals surface area contributed by atoms with Crippen LogP contribution in [0.5, 0.6) is 0 Å². The predicted octanol–water partition coefficient (Wildman–Crippen LogP) is 3.42. The van der Waals surface area contributed by atoms with Gasteiger partial charge in [0.1, 0.15) is 11.4 Å². The maximum Gasteiger partial charge on any atom is 0.349 e. The lowest BCUT2D eigenvalue weighted by molar-refractivity contribution is -0.125. The van der Waals surface area contributed by atoms with Crippen molar-refractivity contribution < 1.29 is 9.59 Å². The predicted molar refractivity (Wildman–Crippen MR) is 108 cm³/mol. The Morgan fingerprint density at radius 2 is 2.21 bits per heavy atom. The van der Waals surface area contributed by atoms with Gasteiger partial charge in [-0.25, -0.2) is 14.8 Å². The van der Waals surface area contributed by atoms with Gasteiger partial charge in [-0.2, -0.15) is 10.2 Å². The van der Waals surface area contributed by atoms with E-state index in [2.05, 4.69) is 30.6 Å². The Hall–Kier alpha value is -3.27. The van der Waals surface area contributed by atoms with Gasteiger partial charge in [0.25, 0.3) is 5.91 Å². The second-order valence-electron chi connectivity index (χ2n) is 5.95. The van der Waals surface area contributed by atoms with Crippen LogP contribution in [0.15, 0.2) is 46.9 Å². The maximum atomic E-state index is 12.2. The zero-order chi connectivity index (χ0) is 18.8. The van der Waals surface area contributed by atoms with Crippen molar-refractivity contribution in [1.82, 2.24) is 25.2 Å². The van der Waals surface area contributed by atoms with Crippen LogP contribution in [0.2, 0.25) is 0 Å².